The summed E-state index contributed by atoms with van der Waals surface area (Å²) in [5.74, 6) is -0.396. The second-order valence-electron chi connectivity index (χ2n) is 7.56. The number of aliphatic carboxylic acids is 2. The van der Waals surface area contributed by atoms with Crippen LogP contribution in [0.25, 0.3) is 10.9 Å². The monoisotopic (exact) mass is 479 g/mol. The van der Waals surface area contributed by atoms with E-state index < -0.39 is 23.9 Å². The molecule has 1 atom stereocenters. The molecule has 34 heavy (non-hydrogen) atoms. The van der Waals surface area contributed by atoms with Crippen LogP contribution in [-0.4, -0.2) is 45.6 Å². The van der Waals surface area contributed by atoms with E-state index in [4.69, 9.17) is 23.1 Å². The number of carboxylic acids is 2. The van der Waals surface area contributed by atoms with Crippen molar-refractivity contribution in [2.45, 2.75) is 25.4 Å². The van der Waals surface area contributed by atoms with E-state index in [9.17, 15) is 19.5 Å². The van der Waals surface area contributed by atoms with Crippen molar-refractivity contribution in [3.05, 3.63) is 70.9 Å². The average Bonchev–Trinajstić information content (AvgIpc) is 2.81. The van der Waals surface area contributed by atoms with Gasteiger partial charge in [-0.25, -0.2) is 9.78 Å². The molecule has 0 unspecified atom stereocenters. The predicted octanol–water partition coefficient (Wildman–Crippen LogP) is 3.58. The van der Waals surface area contributed by atoms with Crippen LogP contribution < -0.4 is 10.2 Å². The molecule has 1 heterocycles. The van der Waals surface area contributed by atoms with E-state index in [0.29, 0.717) is 18.2 Å². The van der Waals surface area contributed by atoms with E-state index in [-0.39, 0.29) is 18.4 Å². The zero-order valence-electron chi connectivity index (χ0n) is 18.1. The van der Waals surface area contributed by atoms with E-state index in [2.05, 4.69) is 16.2 Å². The summed E-state index contributed by atoms with van der Waals surface area (Å²) in [7, 11) is 0. The lowest BCUT2D eigenvalue weighted by atomic mass is 10.1. The van der Waals surface area contributed by atoms with Crippen LogP contribution in [0.3, 0.4) is 0 Å². The number of terminal acetylenes is 1. The Bertz CT molecular complexity index is 1250. The van der Waals surface area contributed by atoms with Crippen molar-refractivity contribution in [3.8, 4) is 12.3 Å². The normalized spacial score (nSPS) is 11.4. The number of amides is 1. The Morgan fingerprint density at radius 3 is 2.47 bits per heavy atom. The first kappa shape index (κ1) is 24.6. The number of carboxylic acid groups (broad SMARTS) is 2. The molecule has 0 fully saturated rings. The van der Waals surface area contributed by atoms with Crippen LogP contribution in [0.5, 0.6) is 0 Å². The fraction of sp³-hybridized carbons (Fsp3) is 0.200. The Balaban J connectivity index is 1.73. The van der Waals surface area contributed by atoms with E-state index in [0.717, 1.165) is 22.2 Å². The minimum Gasteiger partial charge on any atom is -0.481 e. The summed E-state index contributed by atoms with van der Waals surface area (Å²) in [6.45, 7) is 0.851. The van der Waals surface area contributed by atoms with Gasteiger partial charge in [0.05, 0.1) is 12.1 Å². The Hall–Kier alpha value is -4.09. The first-order valence-electron chi connectivity index (χ1n) is 10.4. The third kappa shape index (κ3) is 6.47. The van der Waals surface area contributed by atoms with Gasteiger partial charge < -0.3 is 20.4 Å². The molecule has 174 valence electrons. The number of benzene rings is 2. The maximum absolute atomic E-state index is 12.5. The van der Waals surface area contributed by atoms with E-state index in [1.807, 2.05) is 29.2 Å². The Kier molecular flexibility index (Phi) is 8.06. The third-order valence-electron chi connectivity index (χ3n) is 5.12. The lowest BCUT2D eigenvalue weighted by molar-refractivity contribution is -0.140. The number of nitrogens with zero attached hydrogens (tertiary/aromatic N) is 2. The van der Waals surface area contributed by atoms with Crippen molar-refractivity contribution < 1.29 is 24.6 Å². The van der Waals surface area contributed by atoms with Gasteiger partial charge in [0.1, 0.15) is 11.2 Å². The lowest BCUT2D eigenvalue weighted by Crippen LogP contribution is -2.41. The number of carbonyl (C=O) groups excluding carboxylic acids is 1. The largest absolute Gasteiger partial charge is 0.481 e. The number of anilines is 1. The van der Waals surface area contributed by atoms with Crippen LogP contribution in [0, 0.1) is 12.3 Å². The number of fused-ring (bicyclic) bond motifs is 1. The molecule has 9 heteroatoms. The van der Waals surface area contributed by atoms with E-state index in [1.165, 1.54) is 0 Å². The van der Waals surface area contributed by atoms with Gasteiger partial charge in [-0.1, -0.05) is 23.6 Å². The molecule has 0 saturated heterocycles. The predicted molar refractivity (Wildman–Crippen MR) is 129 cm³/mol. The highest BCUT2D eigenvalue weighted by Crippen LogP contribution is 2.21. The van der Waals surface area contributed by atoms with Crippen molar-refractivity contribution in [1.82, 2.24) is 10.3 Å². The summed E-state index contributed by atoms with van der Waals surface area (Å²) in [5.41, 5.74) is 2.83. The first-order chi connectivity index (χ1) is 16.3. The number of pyridine rings is 1. The van der Waals surface area contributed by atoms with Crippen LogP contribution in [0.1, 0.15) is 28.8 Å². The van der Waals surface area contributed by atoms with Gasteiger partial charge in [0.2, 0.25) is 0 Å². The molecule has 0 saturated carbocycles. The van der Waals surface area contributed by atoms with Crippen LogP contribution in [0.2, 0.25) is 5.15 Å². The number of aromatic nitrogens is 1. The fourth-order valence-corrected chi connectivity index (χ4v) is 3.56. The molecule has 0 aliphatic heterocycles. The molecule has 8 nitrogen and oxygen atoms in total. The number of hydrogen-bond acceptors (Lipinski definition) is 5. The highest BCUT2D eigenvalue weighted by Gasteiger charge is 2.21. The Labute approximate surface area is 201 Å². The molecule has 3 aromatic rings. The van der Waals surface area contributed by atoms with Crippen molar-refractivity contribution in [2.24, 2.45) is 0 Å². The number of rotatable bonds is 10. The molecule has 3 rings (SSSR count). The molecule has 0 bridgehead atoms. The zero-order valence-corrected chi connectivity index (χ0v) is 18.8. The van der Waals surface area contributed by atoms with E-state index in [1.54, 1.807) is 30.3 Å². The summed E-state index contributed by atoms with van der Waals surface area (Å²) in [5, 5.41) is 21.7. The average molecular weight is 480 g/mol. The van der Waals surface area contributed by atoms with E-state index >= 15 is 0 Å². The van der Waals surface area contributed by atoms with Gasteiger partial charge in [0.15, 0.2) is 0 Å². The lowest BCUT2D eigenvalue weighted by Gasteiger charge is -2.23. The summed E-state index contributed by atoms with van der Waals surface area (Å²) in [4.78, 5) is 40.7. The van der Waals surface area contributed by atoms with Gasteiger partial charge >= 0.3 is 11.9 Å². The Morgan fingerprint density at radius 1 is 1.09 bits per heavy atom. The smallest absolute Gasteiger partial charge is 0.326 e. The topological polar surface area (TPSA) is 120 Å². The second kappa shape index (κ2) is 11.2. The van der Waals surface area contributed by atoms with Crippen LogP contribution >= 0.6 is 11.6 Å². The van der Waals surface area contributed by atoms with Gasteiger partial charge in [-0.2, -0.15) is 0 Å². The molecule has 0 aliphatic carbocycles. The summed E-state index contributed by atoms with van der Waals surface area (Å²) in [6, 6.07) is 14.8. The van der Waals surface area contributed by atoms with Crippen molar-refractivity contribution in [2.75, 3.05) is 11.4 Å². The summed E-state index contributed by atoms with van der Waals surface area (Å²) >= 11 is 5.95. The van der Waals surface area contributed by atoms with Crippen molar-refractivity contribution in [1.29, 1.82) is 0 Å². The highest BCUT2D eigenvalue weighted by molar-refractivity contribution is 6.29. The molecule has 3 N–H and O–H groups in total. The fourth-order valence-electron chi connectivity index (χ4n) is 3.41. The molecule has 0 radical (unpaired) electrons. The minimum atomic E-state index is -1.29. The van der Waals surface area contributed by atoms with Crippen molar-refractivity contribution >= 4 is 46.0 Å². The van der Waals surface area contributed by atoms with Crippen LogP contribution in [-0.2, 0) is 16.1 Å². The molecule has 0 aliphatic rings. The zero-order chi connectivity index (χ0) is 24.7. The van der Waals surface area contributed by atoms with Gasteiger partial charge in [0.25, 0.3) is 5.91 Å². The molecule has 0 spiro atoms. The maximum atomic E-state index is 12.5. The van der Waals surface area contributed by atoms with Gasteiger partial charge in [0, 0.05) is 29.6 Å². The van der Waals surface area contributed by atoms with Gasteiger partial charge in [-0.15, -0.1) is 6.42 Å². The number of halogens is 1. The minimum absolute atomic E-state index is 0.210. The maximum Gasteiger partial charge on any atom is 0.326 e. The molecule has 1 aromatic heterocycles. The Morgan fingerprint density at radius 2 is 1.82 bits per heavy atom. The van der Waals surface area contributed by atoms with Crippen LogP contribution in [0.4, 0.5) is 5.69 Å². The first-order valence-corrected chi connectivity index (χ1v) is 10.7. The van der Waals surface area contributed by atoms with Gasteiger partial charge in [-0.3, -0.25) is 9.59 Å². The standard InChI is InChI=1S/C25H22ClN3O5/c1-2-13-29(15-16-3-9-20-18(14-16)6-11-22(26)27-20)19-7-4-17(5-8-19)24(32)28-21(25(33)34)10-12-23(30)31/h1,3-9,11,14,21H,10,12-13,15H2,(H,28,32)(H,30,31)(H,33,34)/t21-/m0/s1. The second-order valence-corrected chi connectivity index (χ2v) is 7.95. The molecule has 2 aromatic carbocycles. The summed E-state index contributed by atoms with van der Waals surface area (Å²) in [6.07, 6.45) is 4.98. The SMILES string of the molecule is C#CCN(Cc1ccc2nc(Cl)ccc2c1)c1ccc(C(=O)N[C@@H](CCC(=O)O)C(=O)O)cc1. The summed E-state index contributed by atoms with van der Waals surface area (Å²) < 4.78 is 0. The van der Waals surface area contributed by atoms with Gasteiger partial charge in [-0.05, 0) is 60.5 Å². The number of carbonyl (C=O) groups is 3. The number of hydrogen-bond donors (Lipinski definition) is 3. The third-order valence-corrected chi connectivity index (χ3v) is 5.33. The molecule has 1 amide bonds. The highest BCUT2D eigenvalue weighted by atomic mass is 35.5. The molecular weight excluding hydrogens is 458 g/mol. The molecular formula is C25H22ClN3O5. The van der Waals surface area contributed by atoms with Crippen LogP contribution in [0.15, 0.2) is 54.6 Å². The quantitative estimate of drug-likeness (QED) is 0.300. The van der Waals surface area contributed by atoms with Crippen molar-refractivity contribution in [3.63, 3.8) is 0 Å². The number of nitrogens with one attached hydrogen (secondary N) is 1.